The number of carbonyl (C=O) groups excluding carboxylic acids is 1. The van der Waals surface area contributed by atoms with Gasteiger partial charge in [-0.3, -0.25) is 9.78 Å². The average Bonchev–Trinajstić information content (AvgIpc) is 3.10. The largest absolute Gasteiger partial charge is 0.356 e. The number of aromatic amines is 1. The molecule has 3 aromatic heterocycles. The predicted molar refractivity (Wildman–Crippen MR) is 96.3 cm³/mol. The summed E-state index contributed by atoms with van der Waals surface area (Å²) in [6, 6.07) is 5.85. The molecule has 5 heteroatoms. The number of pyridine rings is 1. The van der Waals surface area contributed by atoms with Crippen LogP contribution >= 0.6 is 11.3 Å². The van der Waals surface area contributed by atoms with E-state index in [-0.39, 0.29) is 11.2 Å². The first-order chi connectivity index (χ1) is 11.5. The van der Waals surface area contributed by atoms with E-state index >= 15 is 0 Å². The molecule has 0 spiro atoms. The van der Waals surface area contributed by atoms with Crippen LogP contribution in [0.5, 0.6) is 0 Å². The Hall–Kier alpha value is -2.27. The molecule has 1 aliphatic carbocycles. The second kappa shape index (κ2) is 5.38. The lowest BCUT2D eigenvalue weighted by atomic mass is 9.75. The van der Waals surface area contributed by atoms with Gasteiger partial charge in [-0.15, -0.1) is 11.3 Å². The highest BCUT2D eigenvalue weighted by Gasteiger charge is 2.36. The highest BCUT2D eigenvalue weighted by molar-refractivity contribution is 7.13. The highest BCUT2D eigenvalue weighted by atomic mass is 32.1. The summed E-state index contributed by atoms with van der Waals surface area (Å²) in [6.07, 6.45) is 3.22. The molecular formula is C19H19N3OS. The molecule has 122 valence electrons. The van der Waals surface area contributed by atoms with Gasteiger partial charge in [0, 0.05) is 29.4 Å². The van der Waals surface area contributed by atoms with Gasteiger partial charge >= 0.3 is 0 Å². The van der Waals surface area contributed by atoms with Crippen molar-refractivity contribution in [3.8, 4) is 21.8 Å². The number of nitrogens with zero attached hydrogens (tertiary/aromatic N) is 2. The highest BCUT2D eigenvalue weighted by Crippen LogP contribution is 2.45. The Morgan fingerprint density at radius 1 is 1.17 bits per heavy atom. The number of aryl methyl sites for hydroxylation is 1. The van der Waals surface area contributed by atoms with Crippen LogP contribution in [0.15, 0.2) is 29.9 Å². The quantitative estimate of drug-likeness (QED) is 0.739. The van der Waals surface area contributed by atoms with Gasteiger partial charge in [-0.05, 0) is 30.9 Å². The Bertz CT molecular complexity index is 921. The monoisotopic (exact) mass is 337 g/mol. The molecule has 1 aliphatic rings. The van der Waals surface area contributed by atoms with Crippen LogP contribution in [-0.4, -0.2) is 20.7 Å². The van der Waals surface area contributed by atoms with Crippen molar-refractivity contribution in [2.45, 2.75) is 33.6 Å². The van der Waals surface area contributed by atoms with E-state index in [1.54, 1.807) is 17.5 Å². The molecule has 0 amide bonds. The summed E-state index contributed by atoms with van der Waals surface area (Å²) in [5, 5.41) is 0. The van der Waals surface area contributed by atoms with Gasteiger partial charge in [-0.1, -0.05) is 19.9 Å². The number of aromatic nitrogens is 3. The van der Waals surface area contributed by atoms with Crippen LogP contribution in [0.3, 0.4) is 0 Å². The zero-order chi connectivity index (χ0) is 16.9. The van der Waals surface area contributed by atoms with Gasteiger partial charge in [0.1, 0.15) is 0 Å². The maximum Gasteiger partial charge on any atom is 0.165 e. The number of H-pyrrole nitrogens is 1. The second-order valence-electron chi connectivity index (χ2n) is 7.15. The van der Waals surface area contributed by atoms with Gasteiger partial charge in [0.05, 0.1) is 27.5 Å². The first-order valence-electron chi connectivity index (χ1n) is 8.06. The zero-order valence-corrected chi connectivity index (χ0v) is 14.8. The number of hydrogen-bond acceptors (Lipinski definition) is 4. The molecule has 0 atom stereocenters. The number of nitrogens with one attached hydrogen (secondary N) is 1. The molecule has 24 heavy (non-hydrogen) atoms. The van der Waals surface area contributed by atoms with E-state index in [2.05, 4.69) is 28.8 Å². The Morgan fingerprint density at radius 2 is 2.00 bits per heavy atom. The van der Waals surface area contributed by atoms with Crippen LogP contribution in [-0.2, 0) is 6.42 Å². The smallest absolute Gasteiger partial charge is 0.165 e. The molecule has 4 rings (SSSR count). The number of hydrogen-bond donors (Lipinski definition) is 1. The molecule has 0 aliphatic heterocycles. The van der Waals surface area contributed by atoms with Gasteiger partial charge in [-0.25, -0.2) is 4.98 Å². The number of rotatable bonds is 2. The number of thiazole rings is 1. The maximum atomic E-state index is 12.9. The van der Waals surface area contributed by atoms with Crippen molar-refractivity contribution < 1.29 is 4.79 Å². The summed E-state index contributed by atoms with van der Waals surface area (Å²) in [4.78, 5) is 26.4. The number of fused-ring (bicyclic) bond motifs is 1. The van der Waals surface area contributed by atoms with E-state index in [4.69, 9.17) is 0 Å². The first-order valence-corrected chi connectivity index (χ1v) is 8.94. The number of Topliss-reactive ketones (excluding diaryl/α,β-unsaturated/α-hetero) is 1. The van der Waals surface area contributed by atoms with Gasteiger partial charge in [0.25, 0.3) is 0 Å². The zero-order valence-electron chi connectivity index (χ0n) is 14.0. The van der Waals surface area contributed by atoms with Crippen molar-refractivity contribution in [1.82, 2.24) is 15.0 Å². The molecule has 3 heterocycles. The van der Waals surface area contributed by atoms with Crippen molar-refractivity contribution in [2.24, 2.45) is 5.41 Å². The van der Waals surface area contributed by atoms with Crippen LogP contribution in [0, 0.1) is 12.3 Å². The van der Waals surface area contributed by atoms with Crippen molar-refractivity contribution in [3.05, 3.63) is 46.9 Å². The molecule has 3 aromatic rings. The second-order valence-corrected chi connectivity index (χ2v) is 8.01. The third-order valence-electron chi connectivity index (χ3n) is 4.54. The van der Waals surface area contributed by atoms with Crippen LogP contribution in [0.2, 0.25) is 0 Å². The van der Waals surface area contributed by atoms with E-state index in [9.17, 15) is 4.79 Å². The molecule has 0 saturated carbocycles. The van der Waals surface area contributed by atoms with Gasteiger partial charge in [-0.2, -0.15) is 0 Å². The average molecular weight is 337 g/mol. The Morgan fingerprint density at radius 3 is 2.67 bits per heavy atom. The molecular weight excluding hydrogens is 318 g/mol. The summed E-state index contributed by atoms with van der Waals surface area (Å²) in [7, 11) is 0. The molecule has 0 radical (unpaired) electrons. The minimum Gasteiger partial charge on any atom is -0.356 e. The van der Waals surface area contributed by atoms with Crippen molar-refractivity contribution >= 4 is 17.1 Å². The van der Waals surface area contributed by atoms with E-state index in [0.29, 0.717) is 6.42 Å². The summed E-state index contributed by atoms with van der Waals surface area (Å²) in [5.74, 6) is 0.211. The van der Waals surface area contributed by atoms with E-state index in [0.717, 1.165) is 45.2 Å². The fourth-order valence-corrected chi connectivity index (χ4v) is 4.39. The molecule has 0 fully saturated rings. The Labute approximate surface area is 145 Å². The Kier molecular flexibility index (Phi) is 3.42. The van der Waals surface area contributed by atoms with Gasteiger partial charge < -0.3 is 4.98 Å². The fraction of sp³-hybridized carbons (Fsp3) is 0.316. The van der Waals surface area contributed by atoms with E-state index < -0.39 is 0 Å². The minimum atomic E-state index is -0.0175. The normalized spacial score (nSPS) is 16.2. The van der Waals surface area contributed by atoms with Crippen molar-refractivity contribution in [1.29, 1.82) is 0 Å². The molecule has 0 unspecified atom stereocenters. The summed E-state index contributed by atoms with van der Waals surface area (Å²) < 4.78 is 0. The van der Waals surface area contributed by atoms with Crippen LogP contribution in [0.25, 0.3) is 21.8 Å². The molecule has 0 aromatic carbocycles. The maximum absolute atomic E-state index is 12.9. The third-order valence-corrected chi connectivity index (χ3v) is 5.49. The lowest BCUT2D eigenvalue weighted by Crippen LogP contribution is -2.26. The van der Waals surface area contributed by atoms with Gasteiger partial charge in [0.15, 0.2) is 5.78 Å². The van der Waals surface area contributed by atoms with Crippen molar-refractivity contribution in [3.63, 3.8) is 0 Å². The molecule has 1 N–H and O–H groups in total. The minimum absolute atomic E-state index is 0.0175. The van der Waals surface area contributed by atoms with E-state index in [1.165, 1.54) is 0 Å². The summed E-state index contributed by atoms with van der Waals surface area (Å²) in [6.45, 7) is 6.28. The number of carbonyl (C=O) groups is 1. The first kappa shape index (κ1) is 15.3. The molecule has 4 nitrogen and oxygen atoms in total. The number of ketones is 1. The lowest BCUT2D eigenvalue weighted by molar-refractivity contribution is 0.0912. The van der Waals surface area contributed by atoms with Crippen molar-refractivity contribution in [2.75, 3.05) is 0 Å². The third kappa shape index (κ3) is 2.40. The topological polar surface area (TPSA) is 58.6 Å². The van der Waals surface area contributed by atoms with Crippen LogP contribution in [0.4, 0.5) is 0 Å². The van der Waals surface area contributed by atoms with Crippen LogP contribution in [0.1, 0.15) is 42.0 Å². The Balaban J connectivity index is 2.02. The van der Waals surface area contributed by atoms with E-state index in [1.807, 2.05) is 30.6 Å². The van der Waals surface area contributed by atoms with Gasteiger partial charge in [0.2, 0.25) is 0 Å². The lowest BCUT2D eigenvalue weighted by Gasteiger charge is -2.28. The predicted octanol–water partition coefficient (Wildman–Crippen LogP) is 4.66. The standard InChI is InChI=1S/C19H19N3OS/c1-11-18(24-10-21-11)16-15-13(8-19(2,3)9-14(15)23)22-17(16)12-6-4-5-7-20-12/h4-7,10,22H,8-9H2,1-3H3. The fourth-order valence-electron chi connectivity index (χ4n) is 3.53. The molecule has 0 saturated heterocycles. The summed E-state index contributed by atoms with van der Waals surface area (Å²) >= 11 is 1.58. The SMILES string of the molecule is Cc1ncsc1-c1c(-c2ccccn2)[nH]c2c1C(=O)CC(C)(C)C2. The summed E-state index contributed by atoms with van der Waals surface area (Å²) in [5.41, 5.74) is 7.40. The molecule has 0 bridgehead atoms. The van der Waals surface area contributed by atoms with Crippen LogP contribution < -0.4 is 0 Å².